The van der Waals surface area contributed by atoms with Gasteiger partial charge in [0.05, 0.1) is 13.7 Å². The maximum Gasteiger partial charge on any atom is 0.407 e. The highest BCUT2D eigenvalue weighted by Gasteiger charge is 2.15. The van der Waals surface area contributed by atoms with E-state index in [9.17, 15) is 4.79 Å². The van der Waals surface area contributed by atoms with Gasteiger partial charge in [0.1, 0.15) is 5.60 Å². The normalized spacial score (nSPS) is 11.2. The van der Waals surface area contributed by atoms with Crippen LogP contribution in [0, 0.1) is 0 Å². The van der Waals surface area contributed by atoms with E-state index in [4.69, 9.17) is 9.47 Å². The molecule has 9 heteroatoms. The van der Waals surface area contributed by atoms with Crippen molar-refractivity contribution >= 4 is 36.0 Å². The fraction of sp³-hybridized carbons (Fsp3) is 0.611. The first-order valence-electron chi connectivity index (χ1n) is 8.82. The van der Waals surface area contributed by atoms with Crippen molar-refractivity contribution in [1.82, 2.24) is 20.9 Å². The Bertz CT molecular complexity index is 591. The van der Waals surface area contributed by atoms with Crippen LogP contribution in [-0.4, -0.2) is 49.4 Å². The molecule has 0 spiro atoms. The number of ether oxygens (including phenoxy) is 2. The Labute approximate surface area is 178 Å². The number of aliphatic imine (C=N–C) groups is 1. The van der Waals surface area contributed by atoms with Crippen molar-refractivity contribution in [3.8, 4) is 5.88 Å². The second-order valence-corrected chi connectivity index (χ2v) is 6.61. The van der Waals surface area contributed by atoms with Gasteiger partial charge in [-0.1, -0.05) is 0 Å². The van der Waals surface area contributed by atoms with Gasteiger partial charge in [-0.25, -0.2) is 14.8 Å². The summed E-state index contributed by atoms with van der Waals surface area (Å²) in [5.74, 6) is 1.30. The molecule has 0 aliphatic carbocycles. The number of amides is 1. The highest BCUT2D eigenvalue weighted by atomic mass is 127. The highest BCUT2D eigenvalue weighted by molar-refractivity contribution is 14.0. The van der Waals surface area contributed by atoms with Crippen LogP contribution in [0.2, 0.25) is 0 Å². The number of hydrogen-bond donors (Lipinski definition) is 3. The van der Waals surface area contributed by atoms with Crippen LogP contribution < -0.4 is 20.7 Å². The fourth-order valence-electron chi connectivity index (χ4n) is 1.97. The number of halogens is 1. The molecule has 154 valence electrons. The third-order valence-corrected chi connectivity index (χ3v) is 3.09. The van der Waals surface area contributed by atoms with Crippen LogP contribution in [0.1, 0.15) is 39.7 Å². The van der Waals surface area contributed by atoms with Gasteiger partial charge in [0.25, 0.3) is 0 Å². The van der Waals surface area contributed by atoms with Crippen molar-refractivity contribution in [3.63, 3.8) is 0 Å². The van der Waals surface area contributed by atoms with Crippen molar-refractivity contribution in [2.24, 2.45) is 4.99 Å². The van der Waals surface area contributed by atoms with Gasteiger partial charge in [-0.2, -0.15) is 0 Å². The van der Waals surface area contributed by atoms with Gasteiger partial charge in [-0.05, 0) is 45.7 Å². The van der Waals surface area contributed by atoms with E-state index in [1.165, 1.54) is 0 Å². The molecule has 0 fully saturated rings. The first-order chi connectivity index (χ1) is 12.3. The van der Waals surface area contributed by atoms with Gasteiger partial charge >= 0.3 is 6.09 Å². The number of rotatable bonds is 8. The number of pyridine rings is 1. The second kappa shape index (κ2) is 13.4. The predicted octanol–water partition coefficient (Wildman–Crippen LogP) is 2.68. The molecule has 1 aromatic rings. The number of carbonyl (C=O) groups is 1. The molecule has 0 saturated carbocycles. The molecule has 3 N–H and O–H groups in total. The number of guanidine groups is 1. The molecule has 0 unspecified atom stereocenters. The van der Waals surface area contributed by atoms with Gasteiger partial charge in [-0.3, -0.25) is 0 Å². The first-order valence-corrected chi connectivity index (χ1v) is 8.82. The van der Waals surface area contributed by atoms with Gasteiger partial charge < -0.3 is 25.4 Å². The Kier molecular flexibility index (Phi) is 12.5. The molecule has 0 aliphatic heterocycles. The summed E-state index contributed by atoms with van der Waals surface area (Å²) >= 11 is 0. The molecule has 1 heterocycles. The fourth-order valence-corrected chi connectivity index (χ4v) is 1.97. The molecular formula is C18H32IN5O3. The molecule has 0 bridgehead atoms. The van der Waals surface area contributed by atoms with Crippen LogP contribution in [0.5, 0.6) is 5.88 Å². The smallest absolute Gasteiger partial charge is 0.407 e. The van der Waals surface area contributed by atoms with E-state index >= 15 is 0 Å². The molecule has 1 amide bonds. The molecule has 0 aliphatic rings. The zero-order chi connectivity index (χ0) is 19.4. The van der Waals surface area contributed by atoms with E-state index in [0.717, 1.165) is 24.5 Å². The maximum absolute atomic E-state index is 11.6. The minimum Gasteiger partial charge on any atom is -0.481 e. The van der Waals surface area contributed by atoms with Gasteiger partial charge in [0, 0.05) is 31.9 Å². The lowest BCUT2D eigenvalue weighted by Crippen LogP contribution is -2.39. The number of nitrogens with one attached hydrogen (secondary N) is 3. The maximum atomic E-state index is 11.6. The summed E-state index contributed by atoms with van der Waals surface area (Å²) in [4.78, 5) is 20.2. The zero-order valence-electron chi connectivity index (χ0n) is 16.8. The number of nitrogens with zero attached hydrogens (tertiary/aromatic N) is 2. The van der Waals surface area contributed by atoms with Crippen molar-refractivity contribution in [2.45, 2.75) is 46.3 Å². The quantitative estimate of drug-likeness (QED) is 0.223. The highest BCUT2D eigenvalue weighted by Crippen LogP contribution is 2.09. The second-order valence-electron chi connectivity index (χ2n) is 6.61. The molecule has 1 rings (SSSR count). The molecule has 0 saturated heterocycles. The lowest BCUT2D eigenvalue weighted by molar-refractivity contribution is 0.0527. The van der Waals surface area contributed by atoms with E-state index in [-0.39, 0.29) is 24.0 Å². The van der Waals surface area contributed by atoms with Crippen molar-refractivity contribution < 1.29 is 14.3 Å². The molecular weight excluding hydrogens is 461 g/mol. The minimum absolute atomic E-state index is 0. The van der Waals surface area contributed by atoms with Gasteiger partial charge in [0.15, 0.2) is 5.96 Å². The van der Waals surface area contributed by atoms with Crippen LogP contribution in [-0.2, 0) is 11.3 Å². The largest absolute Gasteiger partial charge is 0.481 e. The Morgan fingerprint density at radius 2 is 1.93 bits per heavy atom. The monoisotopic (exact) mass is 493 g/mol. The number of carbonyl (C=O) groups excluding carboxylic acids is 1. The van der Waals surface area contributed by atoms with E-state index in [1.54, 1.807) is 13.3 Å². The first kappa shape index (κ1) is 25.2. The van der Waals surface area contributed by atoms with Crippen molar-refractivity contribution in [1.29, 1.82) is 0 Å². The van der Waals surface area contributed by atoms with Crippen LogP contribution >= 0.6 is 24.0 Å². The standard InChI is InChI=1S/C18H31N5O3.HI/c1-6-19-16(23-13-14-8-11-20-15(12-14)25-5)21-9-7-10-22-17(24)26-18(2,3)4;/h8,11-12H,6-7,9-10,13H2,1-5H3,(H,22,24)(H2,19,21,23);1H. The topological polar surface area (TPSA) is 96.9 Å². The molecule has 0 atom stereocenters. The van der Waals surface area contributed by atoms with Crippen LogP contribution in [0.4, 0.5) is 4.79 Å². The SMILES string of the molecule is CCNC(=NCc1ccnc(OC)c1)NCCCNC(=O)OC(C)(C)C.I. The van der Waals surface area contributed by atoms with Crippen LogP contribution in [0.3, 0.4) is 0 Å². The Morgan fingerprint density at radius 3 is 2.56 bits per heavy atom. The van der Waals surface area contributed by atoms with E-state index < -0.39 is 11.7 Å². The lowest BCUT2D eigenvalue weighted by Gasteiger charge is -2.19. The summed E-state index contributed by atoms with van der Waals surface area (Å²) < 4.78 is 10.3. The Balaban J connectivity index is 0.00000676. The van der Waals surface area contributed by atoms with E-state index in [0.29, 0.717) is 25.5 Å². The zero-order valence-corrected chi connectivity index (χ0v) is 19.1. The van der Waals surface area contributed by atoms with Crippen molar-refractivity contribution in [2.75, 3.05) is 26.7 Å². The Morgan fingerprint density at radius 1 is 1.22 bits per heavy atom. The summed E-state index contributed by atoms with van der Waals surface area (Å²) in [6.45, 7) is 10.0. The summed E-state index contributed by atoms with van der Waals surface area (Å²) in [6.07, 6.45) is 2.06. The molecule has 27 heavy (non-hydrogen) atoms. The lowest BCUT2D eigenvalue weighted by atomic mass is 10.2. The Hall–Kier alpha value is -1.78. The van der Waals surface area contributed by atoms with Gasteiger partial charge in [-0.15, -0.1) is 24.0 Å². The third-order valence-electron chi connectivity index (χ3n) is 3.09. The number of methoxy groups -OCH3 is 1. The third kappa shape index (κ3) is 12.3. The molecule has 0 aromatic carbocycles. The van der Waals surface area contributed by atoms with Gasteiger partial charge in [0.2, 0.25) is 5.88 Å². The summed E-state index contributed by atoms with van der Waals surface area (Å²) in [5.41, 5.74) is 0.531. The summed E-state index contributed by atoms with van der Waals surface area (Å²) in [5, 5.41) is 9.17. The van der Waals surface area contributed by atoms with Crippen molar-refractivity contribution in [3.05, 3.63) is 23.9 Å². The van der Waals surface area contributed by atoms with E-state index in [2.05, 4.69) is 25.9 Å². The number of aromatic nitrogens is 1. The molecule has 8 nitrogen and oxygen atoms in total. The average molecular weight is 493 g/mol. The summed E-state index contributed by atoms with van der Waals surface area (Å²) in [7, 11) is 1.59. The summed E-state index contributed by atoms with van der Waals surface area (Å²) in [6, 6.07) is 3.76. The molecule has 1 aromatic heterocycles. The number of hydrogen-bond acceptors (Lipinski definition) is 5. The minimum atomic E-state index is -0.483. The van der Waals surface area contributed by atoms with E-state index in [1.807, 2.05) is 39.8 Å². The van der Waals surface area contributed by atoms with Crippen LogP contribution in [0.15, 0.2) is 23.3 Å². The average Bonchev–Trinajstić information content (AvgIpc) is 2.58. The molecule has 0 radical (unpaired) electrons. The predicted molar refractivity (Wildman–Crippen MR) is 118 cm³/mol. The number of alkyl carbamates (subject to hydrolysis) is 1. The van der Waals surface area contributed by atoms with Crippen LogP contribution in [0.25, 0.3) is 0 Å².